The number of ketones is 1. The summed E-state index contributed by atoms with van der Waals surface area (Å²) < 4.78 is 24.8. The van der Waals surface area contributed by atoms with E-state index in [1.165, 1.54) is 22.9 Å². The van der Waals surface area contributed by atoms with Gasteiger partial charge in [-0.05, 0) is 135 Å². The van der Waals surface area contributed by atoms with Crippen LogP contribution >= 0.6 is 0 Å². The molecule has 5 nitrogen and oxygen atoms in total. The minimum atomic E-state index is -3.09. The molecule has 0 amide bonds. The zero-order valence-corrected chi connectivity index (χ0v) is 27.1. The fourth-order valence-corrected chi connectivity index (χ4v) is 8.05. The fourth-order valence-electron chi connectivity index (χ4n) is 6.52. The quantitative estimate of drug-likeness (QED) is 0.255. The fraction of sp³-hybridized carbons (Fsp3) is 0.444. The van der Waals surface area contributed by atoms with Gasteiger partial charge in [0.05, 0.1) is 5.25 Å². The van der Waals surface area contributed by atoms with Crippen LogP contribution < -0.4 is 5.32 Å². The van der Waals surface area contributed by atoms with Gasteiger partial charge in [-0.3, -0.25) is 9.78 Å². The highest BCUT2D eigenvalue weighted by Crippen LogP contribution is 2.35. The van der Waals surface area contributed by atoms with Crippen molar-refractivity contribution in [2.45, 2.75) is 91.2 Å². The first-order valence-electron chi connectivity index (χ1n) is 15.3. The molecule has 42 heavy (non-hydrogen) atoms. The number of carbonyl (C=O) groups is 1. The third-order valence-electron chi connectivity index (χ3n) is 9.02. The number of carbonyl (C=O) groups excluding carboxylic acids is 1. The Balaban J connectivity index is 1.71. The normalized spacial score (nSPS) is 17.9. The highest BCUT2D eigenvalue weighted by Gasteiger charge is 2.29. The van der Waals surface area contributed by atoms with Crippen LogP contribution in [0.4, 0.5) is 11.4 Å². The maximum atomic E-state index is 13.1. The van der Waals surface area contributed by atoms with E-state index in [1.807, 2.05) is 32.2 Å². The Morgan fingerprint density at radius 1 is 1.07 bits per heavy atom. The molecule has 0 bridgehead atoms. The van der Waals surface area contributed by atoms with Gasteiger partial charge < -0.3 is 5.32 Å². The van der Waals surface area contributed by atoms with Crippen molar-refractivity contribution in [3.63, 3.8) is 0 Å². The van der Waals surface area contributed by atoms with Gasteiger partial charge in [-0.25, -0.2) is 8.42 Å². The minimum Gasteiger partial charge on any atom is -0.355 e. The van der Waals surface area contributed by atoms with E-state index in [0.717, 1.165) is 65.9 Å². The number of nitrogens with one attached hydrogen (secondary N) is 1. The molecule has 0 radical (unpaired) electrons. The average Bonchev–Trinajstić information content (AvgIpc) is 2.92. The van der Waals surface area contributed by atoms with Crippen molar-refractivity contribution >= 4 is 38.6 Å². The molecule has 1 aromatic heterocycles. The number of nitrogens with zero attached hydrogens (tertiary/aromatic N) is 1. The van der Waals surface area contributed by atoms with Crippen molar-refractivity contribution in [3.8, 4) is 0 Å². The van der Waals surface area contributed by atoms with Crippen molar-refractivity contribution in [1.82, 2.24) is 4.98 Å². The topological polar surface area (TPSA) is 76.1 Å². The van der Waals surface area contributed by atoms with Gasteiger partial charge >= 0.3 is 0 Å². The summed E-state index contributed by atoms with van der Waals surface area (Å²) in [7, 11) is -3.09. The van der Waals surface area contributed by atoms with E-state index in [2.05, 4.69) is 67.5 Å². The Hall–Kier alpha value is -3.25. The van der Waals surface area contributed by atoms with Gasteiger partial charge in [-0.15, -0.1) is 0 Å². The lowest BCUT2D eigenvalue weighted by molar-refractivity contribution is -0.111. The number of rotatable bonds is 9. The molecule has 3 aromatic rings. The summed E-state index contributed by atoms with van der Waals surface area (Å²) in [5.41, 5.74) is 10.3. The monoisotopic (exact) mass is 586 g/mol. The molecule has 1 N–H and O–H groups in total. The van der Waals surface area contributed by atoms with E-state index >= 15 is 0 Å². The predicted octanol–water partition coefficient (Wildman–Crippen LogP) is 8.40. The van der Waals surface area contributed by atoms with Crippen molar-refractivity contribution in [2.24, 2.45) is 5.92 Å². The Kier molecular flexibility index (Phi) is 10.1. The largest absolute Gasteiger partial charge is 0.355 e. The molecule has 0 saturated carbocycles. The highest BCUT2D eigenvalue weighted by atomic mass is 32.2. The third-order valence-corrected chi connectivity index (χ3v) is 10.8. The molecule has 0 spiro atoms. The number of anilines is 2. The zero-order chi connectivity index (χ0) is 30.6. The van der Waals surface area contributed by atoms with E-state index < -0.39 is 9.84 Å². The van der Waals surface area contributed by atoms with Crippen LogP contribution in [0.15, 0.2) is 48.7 Å². The molecule has 2 unspecified atom stereocenters. The van der Waals surface area contributed by atoms with Gasteiger partial charge in [0.2, 0.25) is 0 Å². The number of Topliss-reactive ketones (excluding diaryl/α,β-unsaturated/α-hetero) is 1. The molecule has 0 saturated heterocycles. The highest BCUT2D eigenvalue weighted by molar-refractivity contribution is 7.91. The SMILES string of the molecule is CCC(CC)c1cc(C)ncc1C=C(C(C)=O)c1cc(Nc2cccc3c2CCC(C)C(S(C)(=O)=O)CC3)ccc1C. The summed E-state index contributed by atoms with van der Waals surface area (Å²) in [6.45, 7) is 12.2. The summed E-state index contributed by atoms with van der Waals surface area (Å²) in [5.74, 6) is 0.537. The smallest absolute Gasteiger partial charge is 0.160 e. The summed E-state index contributed by atoms with van der Waals surface area (Å²) >= 11 is 0. The molecular formula is C36H46N2O3S. The molecule has 1 aliphatic carbocycles. The average molecular weight is 587 g/mol. The van der Waals surface area contributed by atoms with Crippen LogP contribution in [0.3, 0.4) is 0 Å². The first kappa shape index (κ1) is 31.7. The Morgan fingerprint density at radius 2 is 1.81 bits per heavy atom. The second kappa shape index (κ2) is 13.4. The lowest BCUT2D eigenvalue weighted by Gasteiger charge is -2.27. The Bertz CT molecular complexity index is 1590. The van der Waals surface area contributed by atoms with E-state index in [-0.39, 0.29) is 17.0 Å². The van der Waals surface area contributed by atoms with Crippen molar-refractivity contribution in [1.29, 1.82) is 0 Å². The van der Waals surface area contributed by atoms with Crippen LogP contribution in [0.25, 0.3) is 11.6 Å². The number of aryl methyl sites for hydroxylation is 3. The van der Waals surface area contributed by atoms with Crippen LogP contribution in [0.5, 0.6) is 0 Å². The maximum Gasteiger partial charge on any atom is 0.160 e. The molecule has 0 fully saturated rings. The number of allylic oxidation sites excluding steroid dienone is 1. The summed E-state index contributed by atoms with van der Waals surface area (Å²) in [6.07, 6.45) is 10.4. The van der Waals surface area contributed by atoms with Gasteiger partial charge in [0.1, 0.15) is 0 Å². The van der Waals surface area contributed by atoms with E-state index in [0.29, 0.717) is 17.9 Å². The number of aromatic nitrogens is 1. The van der Waals surface area contributed by atoms with Crippen molar-refractivity contribution in [3.05, 3.63) is 87.7 Å². The first-order chi connectivity index (χ1) is 19.9. The van der Waals surface area contributed by atoms with Crippen LogP contribution in [-0.4, -0.2) is 30.7 Å². The number of pyridine rings is 1. The molecular weight excluding hydrogens is 540 g/mol. The summed E-state index contributed by atoms with van der Waals surface area (Å²) in [4.78, 5) is 17.7. The van der Waals surface area contributed by atoms with E-state index in [9.17, 15) is 13.2 Å². The van der Waals surface area contributed by atoms with Gasteiger partial charge in [-0.1, -0.05) is 39.0 Å². The summed E-state index contributed by atoms with van der Waals surface area (Å²) in [5, 5.41) is 3.35. The molecule has 1 aliphatic rings. The van der Waals surface area contributed by atoms with Crippen LogP contribution in [0.1, 0.15) is 98.4 Å². The van der Waals surface area contributed by atoms with Gasteiger partial charge in [0.25, 0.3) is 0 Å². The lowest BCUT2D eigenvalue weighted by Crippen LogP contribution is -2.30. The molecule has 224 valence electrons. The number of benzene rings is 2. The van der Waals surface area contributed by atoms with Gasteiger partial charge in [0.15, 0.2) is 15.6 Å². The van der Waals surface area contributed by atoms with Crippen molar-refractivity contribution < 1.29 is 13.2 Å². The Morgan fingerprint density at radius 3 is 2.48 bits per heavy atom. The predicted molar refractivity (Wildman–Crippen MR) is 176 cm³/mol. The molecule has 2 aromatic carbocycles. The second-order valence-electron chi connectivity index (χ2n) is 12.1. The van der Waals surface area contributed by atoms with Crippen LogP contribution in [0, 0.1) is 19.8 Å². The van der Waals surface area contributed by atoms with Gasteiger partial charge in [0, 0.05) is 35.1 Å². The van der Waals surface area contributed by atoms with Gasteiger partial charge in [-0.2, -0.15) is 0 Å². The lowest BCUT2D eigenvalue weighted by atomic mass is 9.87. The standard InChI is InChI=1S/C36H46N2O3S/c1-8-27(9-2)34-19-25(5)37-22-29(34)20-33(26(6)39)32-21-30(16-13-23(32)3)38-35-12-10-11-28-15-18-36(42(7,40)41)24(4)14-17-31(28)35/h10-13,16,19-22,24,27,36,38H,8-9,14-15,17-18H2,1-7H3. The van der Waals surface area contributed by atoms with Crippen molar-refractivity contribution in [2.75, 3.05) is 11.6 Å². The number of hydrogen-bond acceptors (Lipinski definition) is 5. The molecule has 4 rings (SSSR count). The second-order valence-corrected chi connectivity index (χ2v) is 14.4. The maximum absolute atomic E-state index is 13.1. The summed E-state index contributed by atoms with van der Waals surface area (Å²) in [6, 6.07) is 14.6. The van der Waals surface area contributed by atoms with Crippen LogP contribution in [0.2, 0.25) is 0 Å². The third kappa shape index (κ3) is 7.20. The van der Waals surface area contributed by atoms with E-state index in [4.69, 9.17) is 0 Å². The Labute approximate surface area is 252 Å². The molecule has 6 heteroatoms. The van der Waals surface area contributed by atoms with E-state index in [1.54, 1.807) is 6.92 Å². The first-order valence-corrected chi connectivity index (χ1v) is 17.2. The molecule has 1 heterocycles. The minimum absolute atomic E-state index is 0.0190. The number of fused-ring (bicyclic) bond motifs is 1. The molecule has 0 aliphatic heterocycles. The number of sulfone groups is 1. The van der Waals surface area contributed by atoms with Crippen LogP contribution in [-0.2, 0) is 27.5 Å². The zero-order valence-electron chi connectivity index (χ0n) is 26.3. The number of hydrogen-bond donors (Lipinski definition) is 1. The molecule has 2 atom stereocenters.